The average molecular weight is 288 g/mol. The second kappa shape index (κ2) is 5.73. The lowest BCUT2D eigenvalue weighted by Gasteiger charge is -2.14. The molecule has 1 rings (SSSR count). The number of hydrogen-bond donors (Lipinski definition) is 2. The van der Waals surface area contributed by atoms with Crippen molar-refractivity contribution in [3.05, 3.63) is 28.5 Å². The van der Waals surface area contributed by atoms with Gasteiger partial charge >= 0.3 is 6.18 Å². The van der Waals surface area contributed by atoms with Crippen molar-refractivity contribution in [2.45, 2.75) is 12.3 Å². The van der Waals surface area contributed by atoms with Crippen LogP contribution in [-0.4, -0.2) is 24.4 Å². The zero-order chi connectivity index (χ0) is 13.9. The summed E-state index contributed by atoms with van der Waals surface area (Å²) in [6, 6.07) is 0.938. The van der Waals surface area contributed by atoms with Crippen LogP contribution < -0.4 is 10.5 Å². The van der Waals surface area contributed by atoms with Gasteiger partial charge in [-0.25, -0.2) is 4.39 Å². The Bertz CT molecular complexity index is 425. The van der Waals surface area contributed by atoms with Gasteiger partial charge in [-0.3, -0.25) is 0 Å². The summed E-state index contributed by atoms with van der Waals surface area (Å²) in [6.07, 6.45) is -5.76. The molecule has 0 bridgehead atoms. The van der Waals surface area contributed by atoms with Crippen molar-refractivity contribution in [2.75, 3.05) is 13.2 Å². The van der Waals surface area contributed by atoms with Gasteiger partial charge in [0.1, 0.15) is 12.7 Å². The van der Waals surface area contributed by atoms with E-state index in [2.05, 4.69) is 0 Å². The number of alkyl halides is 3. The summed E-state index contributed by atoms with van der Waals surface area (Å²) in [5.41, 5.74) is 3.94. The molecule has 0 saturated carbocycles. The fourth-order valence-corrected chi connectivity index (χ4v) is 1.30. The maximum absolute atomic E-state index is 13.4. The molecule has 18 heavy (non-hydrogen) atoms. The maximum Gasteiger partial charge on any atom is 0.416 e. The molecule has 0 fully saturated rings. The van der Waals surface area contributed by atoms with E-state index in [1.807, 2.05) is 0 Å². The fourth-order valence-electron chi connectivity index (χ4n) is 1.09. The van der Waals surface area contributed by atoms with Gasteiger partial charge in [0, 0.05) is 6.54 Å². The molecule has 0 aliphatic heterocycles. The molecular formula is C10H10ClF4NO2. The van der Waals surface area contributed by atoms with Crippen LogP contribution in [0, 0.1) is 5.82 Å². The van der Waals surface area contributed by atoms with Gasteiger partial charge in [0.25, 0.3) is 0 Å². The van der Waals surface area contributed by atoms with Crippen molar-refractivity contribution >= 4 is 11.6 Å². The van der Waals surface area contributed by atoms with Crippen LogP contribution in [0.4, 0.5) is 17.6 Å². The Morgan fingerprint density at radius 1 is 1.39 bits per heavy atom. The number of ether oxygens (including phenoxy) is 1. The zero-order valence-corrected chi connectivity index (χ0v) is 9.72. The van der Waals surface area contributed by atoms with Gasteiger partial charge in [0.05, 0.1) is 10.6 Å². The number of aliphatic hydroxyl groups is 1. The molecular weight excluding hydrogens is 278 g/mol. The van der Waals surface area contributed by atoms with Gasteiger partial charge in [0.15, 0.2) is 11.6 Å². The molecule has 0 aliphatic carbocycles. The minimum Gasteiger partial charge on any atom is -0.488 e. The van der Waals surface area contributed by atoms with Crippen molar-refractivity contribution in [3.63, 3.8) is 0 Å². The topological polar surface area (TPSA) is 55.5 Å². The highest BCUT2D eigenvalue weighted by atomic mass is 35.5. The van der Waals surface area contributed by atoms with Crippen LogP contribution in [0.15, 0.2) is 12.1 Å². The Balaban J connectivity index is 3.00. The van der Waals surface area contributed by atoms with E-state index in [-0.39, 0.29) is 6.54 Å². The van der Waals surface area contributed by atoms with E-state index in [9.17, 15) is 17.6 Å². The van der Waals surface area contributed by atoms with Crippen molar-refractivity contribution in [1.29, 1.82) is 0 Å². The summed E-state index contributed by atoms with van der Waals surface area (Å²) in [4.78, 5) is 0. The van der Waals surface area contributed by atoms with Crippen LogP contribution in [-0.2, 0) is 6.18 Å². The van der Waals surface area contributed by atoms with E-state index >= 15 is 0 Å². The summed E-state index contributed by atoms with van der Waals surface area (Å²) in [5.74, 6) is -1.80. The first-order valence-corrected chi connectivity index (χ1v) is 5.20. The lowest BCUT2D eigenvalue weighted by atomic mass is 10.2. The molecule has 3 nitrogen and oxygen atoms in total. The van der Waals surface area contributed by atoms with Gasteiger partial charge in [-0.05, 0) is 12.1 Å². The normalized spacial score (nSPS) is 13.5. The predicted octanol–water partition coefficient (Wildman–Crippen LogP) is 2.20. The Labute approximate surface area is 105 Å². The summed E-state index contributed by atoms with van der Waals surface area (Å²) in [7, 11) is 0. The zero-order valence-electron chi connectivity index (χ0n) is 8.97. The highest BCUT2D eigenvalue weighted by molar-refractivity contribution is 6.31. The molecule has 0 amide bonds. The summed E-state index contributed by atoms with van der Waals surface area (Å²) < 4.78 is 55.4. The Kier molecular flexibility index (Phi) is 4.78. The first-order valence-electron chi connectivity index (χ1n) is 4.83. The third kappa shape index (κ3) is 3.72. The SMILES string of the molecule is NCC(O)COc1cc(C(F)(F)F)cc(Cl)c1F. The number of halogens is 5. The molecule has 8 heteroatoms. The Hall–Kier alpha value is -1.05. The monoisotopic (exact) mass is 287 g/mol. The number of hydrogen-bond acceptors (Lipinski definition) is 3. The van der Waals surface area contributed by atoms with E-state index in [4.69, 9.17) is 27.2 Å². The van der Waals surface area contributed by atoms with Gasteiger partial charge in [-0.1, -0.05) is 11.6 Å². The molecule has 0 radical (unpaired) electrons. The molecule has 0 saturated heterocycles. The van der Waals surface area contributed by atoms with E-state index in [0.717, 1.165) is 0 Å². The first-order chi connectivity index (χ1) is 8.25. The molecule has 3 N–H and O–H groups in total. The second-order valence-electron chi connectivity index (χ2n) is 3.47. The third-order valence-corrected chi connectivity index (χ3v) is 2.30. The summed E-state index contributed by atoms with van der Waals surface area (Å²) in [5, 5.41) is 8.37. The van der Waals surface area contributed by atoms with E-state index in [0.29, 0.717) is 12.1 Å². The summed E-state index contributed by atoms with van der Waals surface area (Å²) >= 11 is 5.33. The third-order valence-electron chi connectivity index (χ3n) is 2.03. The Morgan fingerprint density at radius 2 is 2.00 bits per heavy atom. The van der Waals surface area contributed by atoms with Crippen LogP contribution in [0.2, 0.25) is 5.02 Å². The smallest absolute Gasteiger partial charge is 0.416 e. The second-order valence-corrected chi connectivity index (χ2v) is 3.88. The quantitative estimate of drug-likeness (QED) is 0.835. The molecule has 0 aliphatic rings. The maximum atomic E-state index is 13.4. The van der Waals surface area contributed by atoms with Crippen LogP contribution in [0.3, 0.4) is 0 Å². The van der Waals surface area contributed by atoms with Gasteiger partial charge < -0.3 is 15.6 Å². The predicted molar refractivity (Wildman–Crippen MR) is 57.0 cm³/mol. The highest BCUT2D eigenvalue weighted by Crippen LogP contribution is 2.36. The number of aliphatic hydroxyl groups excluding tert-OH is 1. The first kappa shape index (κ1) is 15.0. The highest BCUT2D eigenvalue weighted by Gasteiger charge is 2.32. The molecule has 1 unspecified atom stereocenters. The van der Waals surface area contributed by atoms with Gasteiger partial charge in [-0.2, -0.15) is 13.2 Å². The lowest BCUT2D eigenvalue weighted by molar-refractivity contribution is -0.137. The van der Waals surface area contributed by atoms with E-state index < -0.39 is 41.0 Å². The molecule has 102 valence electrons. The molecule has 1 aromatic rings. The standard InChI is InChI=1S/C10H10ClF4NO2/c11-7-1-5(10(13,14)15)2-8(9(7)12)18-4-6(17)3-16/h1-2,6,17H,3-4,16H2. The fraction of sp³-hybridized carbons (Fsp3) is 0.400. The largest absolute Gasteiger partial charge is 0.488 e. The van der Waals surface area contributed by atoms with Crippen molar-refractivity contribution < 1.29 is 27.4 Å². The molecule has 1 atom stereocenters. The van der Waals surface area contributed by atoms with Crippen LogP contribution in [0.25, 0.3) is 0 Å². The molecule has 0 spiro atoms. The number of rotatable bonds is 4. The van der Waals surface area contributed by atoms with Crippen LogP contribution in [0.1, 0.15) is 5.56 Å². The van der Waals surface area contributed by atoms with Gasteiger partial charge in [0.2, 0.25) is 0 Å². The molecule has 0 heterocycles. The average Bonchev–Trinajstić information content (AvgIpc) is 2.28. The van der Waals surface area contributed by atoms with Crippen LogP contribution in [0.5, 0.6) is 5.75 Å². The molecule has 1 aromatic carbocycles. The molecule has 0 aromatic heterocycles. The van der Waals surface area contributed by atoms with Crippen LogP contribution >= 0.6 is 11.6 Å². The number of benzene rings is 1. The Morgan fingerprint density at radius 3 is 2.50 bits per heavy atom. The van der Waals surface area contributed by atoms with Crippen molar-refractivity contribution in [3.8, 4) is 5.75 Å². The number of nitrogens with two attached hydrogens (primary N) is 1. The van der Waals surface area contributed by atoms with E-state index in [1.165, 1.54) is 0 Å². The van der Waals surface area contributed by atoms with Crippen molar-refractivity contribution in [2.24, 2.45) is 5.73 Å². The minimum absolute atomic E-state index is 0.158. The van der Waals surface area contributed by atoms with Gasteiger partial charge in [-0.15, -0.1) is 0 Å². The summed E-state index contributed by atoms with van der Waals surface area (Å²) in [6.45, 7) is -0.584. The van der Waals surface area contributed by atoms with Crippen molar-refractivity contribution in [1.82, 2.24) is 0 Å². The van der Waals surface area contributed by atoms with E-state index in [1.54, 1.807) is 0 Å². The lowest BCUT2D eigenvalue weighted by Crippen LogP contribution is -2.26. The minimum atomic E-state index is -4.66.